The Morgan fingerprint density at radius 1 is 1.37 bits per heavy atom. The van der Waals surface area contributed by atoms with E-state index < -0.39 is 12.0 Å². The second kappa shape index (κ2) is 6.75. The van der Waals surface area contributed by atoms with Crippen LogP contribution in [0.5, 0.6) is 5.75 Å². The highest BCUT2D eigenvalue weighted by atomic mass is 16.5. The number of nitrogens with two attached hydrogens (primary N) is 1. The molecule has 6 nitrogen and oxygen atoms in total. The highest BCUT2D eigenvalue weighted by Crippen LogP contribution is 2.20. The Bertz CT molecular complexity index is 472. The molecule has 0 unspecified atom stereocenters. The molecule has 0 aliphatic carbocycles. The molecule has 0 fully saturated rings. The molecule has 1 rings (SSSR count). The summed E-state index contributed by atoms with van der Waals surface area (Å²) >= 11 is 0. The largest absolute Gasteiger partial charge is 0.496 e. The molecule has 104 valence electrons. The molecule has 0 aliphatic heterocycles. The molecule has 0 bridgehead atoms. The Morgan fingerprint density at radius 3 is 2.58 bits per heavy atom. The van der Waals surface area contributed by atoms with Crippen molar-refractivity contribution in [2.24, 2.45) is 5.73 Å². The Hall–Kier alpha value is -2.08. The van der Waals surface area contributed by atoms with Crippen molar-refractivity contribution < 1.29 is 19.1 Å². The number of methoxy groups -OCH3 is 2. The third-order valence-electron chi connectivity index (χ3n) is 2.55. The van der Waals surface area contributed by atoms with E-state index in [1.165, 1.54) is 14.2 Å². The van der Waals surface area contributed by atoms with Crippen LogP contribution in [0.3, 0.4) is 0 Å². The van der Waals surface area contributed by atoms with E-state index in [1.54, 1.807) is 25.1 Å². The number of nitrogens with one attached hydrogen (secondary N) is 1. The van der Waals surface area contributed by atoms with Crippen molar-refractivity contribution in [1.82, 2.24) is 5.32 Å². The fraction of sp³-hybridized carbons (Fsp3) is 0.385. The van der Waals surface area contributed by atoms with Gasteiger partial charge in [0.05, 0.1) is 20.3 Å². The highest BCUT2D eigenvalue weighted by Gasteiger charge is 2.14. The Kier molecular flexibility index (Phi) is 5.32. The number of carbonyl (C=O) groups is 2. The Morgan fingerprint density at radius 2 is 2.05 bits per heavy atom. The maximum atomic E-state index is 11.6. The van der Waals surface area contributed by atoms with Crippen LogP contribution in [0.15, 0.2) is 18.2 Å². The van der Waals surface area contributed by atoms with Crippen LogP contribution in [-0.2, 0) is 16.1 Å². The zero-order valence-corrected chi connectivity index (χ0v) is 11.2. The van der Waals surface area contributed by atoms with Crippen LogP contribution < -0.4 is 15.8 Å². The van der Waals surface area contributed by atoms with E-state index in [2.05, 4.69) is 10.1 Å². The maximum Gasteiger partial charge on any atom is 0.341 e. The number of benzene rings is 1. The van der Waals surface area contributed by atoms with E-state index >= 15 is 0 Å². The summed E-state index contributed by atoms with van der Waals surface area (Å²) in [7, 11) is 2.77. The van der Waals surface area contributed by atoms with Gasteiger partial charge in [0, 0.05) is 6.54 Å². The van der Waals surface area contributed by atoms with Crippen LogP contribution in [0.4, 0.5) is 0 Å². The number of amides is 1. The van der Waals surface area contributed by atoms with Gasteiger partial charge in [0.2, 0.25) is 5.91 Å². The third-order valence-corrected chi connectivity index (χ3v) is 2.55. The lowest BCUT2D eigenvalue weighted by atomic mass is 10.1. The second-order valence-corrected chi connectivity index (χ2v) is 4.03. The zero-order valence-electron chi connectivity index (χ0n) is 11.2. The van der Waals surface area contributed by atoms with Gasteiger partial charge in [0.15, 0.2) is 0 Å². The van der Waals surface area contributed by atoms with Crippen LogP contribution in [-0.4, -0.2) is 32.1 Å². The first-order chi connectivity index (χ1) is 8.99. The van der Waals surface area contributed by atoms with Crippen molar-refractivity contribution >= 4 is 11.9 Å². The van der Waals surface area contributed by atoms with Gasteiger partial charge in [-0.25, -0.2) is 4.79 Å². The van der Waals surface area contributed by atoms with E-state index in [9.17, 15) is 9.59 Å². The average molecular weight is 266 g/mol. The molecule has 0 saturated heterocycles. The first-order valence-corrected chi connectivity index (χ1v) is 5.78. The molecule has 0 saturated carbocycles. The summed E-state index contributed by atoms with van der Waals surface area (Å²) in [5.41, 5.74) is 6.52. The minimum absolute atomic E-state index is 0.254. The standard InChI is InChI=1S/C13H18N2O4/c1-8(14)12(16)15-7-9-4-5-11(18-2)10(6-9)13(17)19-3/h4-6,8H,7,14H2,1-3H3,(H,15,16)/t8-/m1/s1. The SMILES string of the molecule is COC(=O)c1cc(CNC(=O)[C@@H](C)N)ccc1OC. The molecule has 6 heteroatoms. The molecular weight excluding hydrogens is 248 g/mol. The number of rotatable bonds is 5. The lowest BCUT2D eigenvalue weighted by molar-refractivity contribution is -0.122. The van der Waals surface area contributed by atoms with Crippen LogP contribution in [0.2, 0.25) is 0 Å². The highest BCUT2D eigenvalue weighted by molar-refractivity contribution is 5.92. The maximum absolute atomic E-state index is 11.6. The van der Waals surface area contributed by atoms with Crippen LogP contribution in [0.25, 0.3) is 0 Å². The van der Waals surface area contributed by atoms with Gasteiger partial charge >= 0.3 is 5.97 Å². The van der Waals surface area contributed by atoms with E-state index in [0.717, 1.165) is 5.56 Å². The number of hydrogen-bond donors (Lipinski definition) is 2. The molecule has 1 aromatic carbocycles. The predicted molar refractivity (Wildman–Crippen MR) is 69.8 cm³/mol. The Balaban J connectivity index is 2.86. The van der Waals surface area contributed by atoms with E-state index in [1.807, 2.05) is 0 Å². The molecule has 3 N–H and O–H groups in total. The smallest absolute Gasteiger partial charge is 0.341 e. The van der Waals surface area contributed by atoms with Crippen molar-refractivity contribution in [3.8, 4) is 5.75 Å². The van der Waals surface area contributed by atoms with Gasteiger partial charge in [-0.1, -0.05) is 6.07 Å². The predicted octanol–water partition coefficient (Wildman–Crippen LogP) is 0.445. The van der Waals surface area contributed by atoms with Crippen molar-refractivity contribution in [1.29, 1.82) is 0 Å². The molecule has 0 radical (unpaired) electrons. The van der Waals surface area contributed by atoms with Crippen LogP contribution >= 0.6 is 0 Å². The number of esters is 1. The van der Waals surface area contributed by atoms with E-state index in [0.29, 0.717) is 11.3 Å². The van der Waals surface area contributed by atoms with Crippen molar-refractivity contribution in [2.75, 3.05) is 14.2 Å². The summed E-state index contributed by atoms with van der Waals surface area (Å²) in [6, 6.07) is 4.46. The molecule has 19 heavy (non-hydrogen) atoms. The molecule has 1 atom stereocenters. The number of ether oxygens (including phenoxy) is 2. The lowest BCUT2D eigenvalue weighted by Gasteiger charge is -2.11. The summed E-state index contributed by atoms with van der Waals surface area (Å²) in [6.07, 6.45) is 0. The minimum atomic E-state index is -0.571. The summed E-state index contributed by atoms with van der Waals surface area (Å²) in [5.74, 6) is -0.318. The Labute approximate surface area is 111 Å². The van der Waals surface area contributed by atoms with Gasteiger partial charge in [-0.05, 0) is 24.6 Å². The molecule has 0 spiro atoms. The molecule has 0 aromatic heterocycles. The lowest BCUT2D eigenvalue weighted by Crippen LogP contribution is -2.37. The van der Waals surface area contributed by atoms with Crippen LogP contribution in [0, 0.1) is 0 Å². The molecule has 1 aromatic rings. The zero-order chi connectivity index (χ0) is 14.4. The van der Waals surface area contributed by atoms with Crippen molar-refractivity contribution in [2.45, 2.75) is 19.5 Å². The average Bonchev–Trinajstić information content (AvgIpc) is 2.43. The van der Waals surface area contributed by atoms with Crippen LogP contribution in [0.1, 0.15) is 22.8 Å². The monoisotopic (exact) mass is 266 g/mol. The third kappa shape index (κ3) is 3.96. The van der Waals surface area contributed by atoms with Gasteiger partial charge in [-0.2, -0.15) is 0 Å². The number of carbonyl (C=O) groups excluding carboxylic acids is 2. The number of hydrogen-bond acceptors (Lipinski definition) is 5. The van der Waals surface area contributed by atoms with Gasteiger partial charge in [0.25, 0.3) is 0 Å². The van der Waals surface area contributed by atoms with Crippen molar-refractivity contribution in [3.63, 3.8) is 0 Å². The molecule has 0 aliphatic rings. The van der Waals surface area contributed by atoms with Gasteiger partial charge in [0.1, 0.15) is 11.3 Å². The summed E-state index contributed by atoms with van der Waals surface area (Å²) in [6.45, 7) is 1.89. The van der Waals surface area contributed by atoms with Gasteiger partial charge in [-0.15, -0.1) is 0 Å². The molecule has 0 heterocycles. The van der Waals surface area contributed by atoms with Gasteiger partial charge in [-0.3, -0.25) is 4.79 Å². The summed E-state index contributed by atoms with van der Waals surface area (Å²) < 4.78 is 9.75. The minimum Gasteiger partial charge on any atom is -0.496 e. The fourth-order valence-corrected chi connectivity index (χ4v) is 1.48. The summed E-state index contributed by atoms with van der Waals surface area (Å²) in [4.78, 5) is 22.9. The topological polar surface area (TPSA) is 90.7 Å². The van der Waals surface area contributed by atoms with E-state index in [4.69, 9.17) is 10.5 Å². The summed E-state index contributed by atoms with van der Waals surface area (Å²) in [5, 5.41) is 2.66. The first kappa shape index (κ1) is 15.0. The normalized spacial score (nSPS) is 11.6. The van der Waals surface area contributed by atoms with E-state index in [-0.39, 0.29) is 12.5 Å². The first-order valence-electron chi connectivity index (χ1n) is 5.78. The quantitative estimate of drug-likeness (QED) is 0.755. The van der Waals surface area contributed by atoms with Crippen molar-refractivity contribution in [3.05, 3.63) is 29.3 Å². The molecule has 1 amide bonds. The second-order valence-electron chi connectivity index (χ2n) is 4.03. The molecular formula is C13H18N2O4. The fourth-order valence-electron chi connectivity index (χ4n) is 1.48. The van der Waals surface area contributed by atoms with Gasteiger partial charge < -0.3 is 20.5 Å².